The number of nitrogens with one attached hydrogen (secondary N) is 1. The number of aromatic nitrogens is 2. The third kappa shape index (κ3) is 3.75. The standard InChI is InChI=1S/C14H15N5O2/c1-2-8-16-12-11(19-20)13(18-14(15)17-12)21-9-10-6-4-3-5-7-10/h2-7H,1,8-9H2,(H3,15,16,17,18). The first-order valence-electron chi connectivity index (χ1n) is 6.27. The third-order valence-electron chi connectivity index (χ3n) is 2.59. The summed E-state index contributed by atoms with van der Waals surface area (Å²) in [6.45, 7) is 4.24. The van der Waals surface area contributed by atoms with Gasteiger partial charge in [0.15, 0.2) is 5.82 Å². The van der Waals surface area contributed by atoms with E-state index in [0.29, 0.717) is 6.54 Å². The molecule has 0 saturated heterocycles. The van der Waals surface area contributed by atoms with E-state index in [1.165, 1.54) is 0 Å². The normalized spacial score (nSPS) is 9.90. The molecule has 7 heteroatoms. The van der Waals surface area contributed by atoms with E-state index >= 15 is 0 Å². The van der Waals surface area contributed by atoms with Crippen LogP contribution in [0.15, 0.2) is 48.2 Å². The molecular formula is C14H15N5O2. The molecule has 1 heterocycles. The Kier molecular flexibility index (Phi) is 4.81. The number of nitrogen functional groups attached to an aromatic ring is 1. The molecule has 0 aliphatic rings. The van der Waals surface area contributed by atoms with Crippen molar-refractivity contribution >= 4 is 17.5 Å². The van der Waals surface area contributed by atoms with Crippen molar-refractivity contribution in [3.05, 3.63) is 53.5 Å². The van der Waals surface area contributed by atoms with Crippen LogP contribution in [0.25, 0.3) is 0 Å². The van der Waals surface area contributed by atoms with E-state index in [0.717, 1.165) is 5.56 Å². The van der Waals surface area contributed by atoms with Crippen molar-refractivity contribution in [3.63, 3.8) is 0 Å². The number of nitrogens with two attached hydrogens (primary N) is 1. The summed E-state index contributed by atoms with van der Waals surface area (Å²) in [5.41, 5.74) is 6.54. The van der Waals surface area contributed by atoms with E-state index in [2.05, 4.69) is 27.0 Å². The monoisotopic (exact) mass is 285 g/mol. The maximum atomic E-state index is 11.0. The van der Waals surface area contributed by atoms with Gasteiger partial charge >= 0.3 is 0 Å². The predicted molar refractivity (Wildman–Crippen MR) is 81.4 cm³/mol. The summed E-state index contributed by atoms with van der Waals surface area (Å²) in [6, 6.07) is 9.48. The Morgan fingerprint density at radius 3 is 2.76 bits per heavy atom. The fourth-order valence-electron chi connectivity index (χ4n) is 1.65. The van der Waals surface area contributed by atoms with Gasteiger partial charge in [-0.05, 0) is 10.7 Å². The van der Waals surface area contributed by atoms with Gasteiger partial charge in [0.25, 0.3) is 5.88 Å². The smallest absolute Gasteiger partial charge is 0.251 e. The minimum Gasteiger partial charge on any atom is -0.471 e. The molecular weight excluding hydrogens is 270 g/mol. The second-order valence-electron chi connectivity index (χ2n) is 4.12. The number of anilines is 2. The third-order valence-corrected chi connectivity index (χ3v) is 2.59. The van der Waals surface area contributed by atoms with Gasteiger partial charge < -0.3 is 15.8 Å². The van der Waals surface area contributed by atoms with Gasteiger partial charge in [-0.25, -0.2) is 0 Å². The molecule has 0 radical (unpaired) electrons. The molecule has 0 aliphatic carbocycles. The molecule has 0 amide bonds. The number of hydrogen-bond acceptors (Lipinski definition) is 7. The van der Waals surface area contributed by atoms with Crippen molar-refractivity contribution in [2.45, 2.75) is 6.61 Å². The molecule has 0 fully saturated rings. The van der Waals surface area contributed by atoms with E-state index in [9.17, 15) is 4.91 Å². The lowest BCUT2D eigenvalue weighted by Gasteiger charge is -2.11. The number of nitroso groups, excluding NO2 is 1. The van der Waals surface area contributed by atoms with Gasteiger partial charge in [-0.3, -0.25) is 0 Å². The van der Waals surface area contributed by atoms with Crippen LogP contribution in [-0.4, -0.2) is 16.5 Å². The highest BCUT2D eigenvalue weighted by molar-refractivity contribution is 5.67. The van der Waals surface area contributed by atoms with Crippen molar-refractivity contribution in [1.82, 2.24) is 9.97 Å². The maximum absolute atomic E-state index is 11.0. The molecule has 0 spiro atoms. The lowest BCUT2D eigenvalue weighted by atomic mass is 10.2. The highest BCUT2D eigenvalue weighted by Crippen LogP contribution is 2.33. The Bertz CT molecular complexity index is 631. The Hall–Kier alpha value is -2.96. The molecule has 2 rings (SSSR count). The number of rotatable bonds is 7. The minimum atomic E-state index is -0.0121. The average Bonchev–Trinajstić information content (AvgIpc) is 2.51. The Labute approximate surface area is 121 Å². The lowest BCUT2D eigenvalue weighted by molar-refractivity contribution is 0.295. The Morgan fingerprint density at radius 2 is 2.10 bits per heavy atom. The average molecular weight is 285 g/mol. The Balaban J connectivity index is 2.23. The summed E-state index contributed by atoms with van der Waals surface area (Å²) in [5.74, 6) is 0.269. The van der Waals surface area contributed by atoms with Gasteiger partial charge in [0.2, 0.25) is 11.6 Å². The highest BCUT2D eigenvalue weighted by atomic mass is 16.5. The van der Waals surface area contributed by atoms with Crippen LogP contribution >= 0.6 is 0 Å². The summed E-state index contributed by atoms with van der Waals surface area (Å²) < 4.78 is 5.52. The Morgan fingerprint density at radius 1 is 1.33 bits per heavy atom. The van der Waals surface area contributed by atoms with Crippen LogP contribution in [0.4, 0.5) is 17.5 Å². The van der Waals surface area contributed by atoms with E-state index < -0.39 is 0 Å². The summed E-state index contributed by atoms with van der Waals surface area (Å²) in [5, 5.41) is 5.79. The predicted octanol–water partition coefficient (Wildman–Crippen LogP) is 2.63. The zero-order valence-corrected chi connectivity index (χ0v) is 11.3. The van der Waals surface area contributed by atoms with Crippen molar-refractivity contribution < 1.29 is 4.74 Å². The fraction of sp³-hybridized carbons (Fsp3) is 0.143. The summed E-state index contributed by atoms with van der Waals surface area (Å²) in [7, 11) is 0. The quantitative estimate of drug-likeness (QED) is 0.599. The molecule has 108 valence electrons. The number of ether oxygens (including phenoxy) is 1. The van der Waals surface area contributed by atoms with E-state index in [-0.39, 0.29) is 29.9 Å². The van der Waals surface area contributed by atoms with Gasteiger partial charge in [0.1, 0.15) is 6.61 Å². The molecule has 0 bridgehead atoms. The zero-order valence-electron chi connectivity index (χ0n) is 11.3. The number of hydrogen-bond donors (Lipinski definition) is 2. The van der Waals surface area contributed by atoms with Crippen molar-refractivity contribution in [1.29, 1.82) is 0 Å². The molecule has 1 aromatic heterocycles. The molecule has 0 aliphatic heterocycles. The minimum absolute atomic E-state index is 0.00276. The van der Waals surface area contributed by atoms with Crippen LogP contribution in [0.2, 0.25) is 0 Å². The van der Waals surface area contributed by atoms with Crippen molar-refractivity contribution in [3.8, 4) is 5.88 Å². The van der Waals surface area contributed by atoms with Gasteiger partial charge in [-0.2, -0.15) is 9.97 Å². The molecule has 21 heavy (non-hydrogen) atoms. The van der Waals surface area contributed by atoms with Gasteiger partial charge in [-0.15, -0.1) is 11.5 Å². The second kappa shape index (κ2) is 6.99. The largest absolute Gasteiger partial charge is 0.471 e. The molecule has 7 nitrogen and oxygen atoms in total. The molecule has 0 unspecified atom stereocenters. The molecule has 3 N–H and O–H groups in total. The van der Waals surface area contributed by atoms with Gasteiger partial charge in [0.05, 0.1) is 0 Å². The molecule has 2 aromatic rings. The lowest BCUT2D eigenvalue weighted by Crippen LogP contribution is -2.07. The molecule has 0 atom stereocenters. The SMILES string of the molecule is C=CCNc1nc(N)nc(OCc2ccccc2)c1N=O. The first-order valence-corrected chi connectivity index (χ1v) is 6.27. The second-order valence-corrected chi connectivity index (χ2v) is 4.12. The first-order chi connectivity index (χ1) is 10.2. The van der Waals surface area contributed by atoms with Crippen LogP contribution in [0.1, 0.15) is 5.56 Å². The molecule has 1 aromatic carbocycles. The van der Waals surface area contributed by atoms with E-state index in [1.807, 2.05) is 30.3 Å². The summed E-state index contributed by atoms with van der Waals surface area (Å²) >= 11 is 0. The van der Waals surface area contributed by atoms with Crippen LogP contribution in [-0.2, 0) is 6.61 Å². The van der Waals surface area contributed by atoms with Crippen molar-refractivity contribution in [2.75, 3.05) is 17.6 Å². The summed E-state index contributed by atoms with van der Waals surface area (Å²) in [4.78, 5) is 18.9. The van der Waals surface area contributed by atoms with Gasteiger partial charge in [-0.1, -0.05) is 36.4 Å². The van der Waals surface area contributed by atoms with Crippen molar-refractivity contribution in [2.24, 2.45) is 5.18 Å². The first kappa shape index (κ1) is 14.4. The number of benzene rings is 1. The number of nitrogens with zero attached hydrogens (tertiary/aromatic N) is 3. The maximum Gasteiger partial charge on any atom is 0.251 e. The summed E-state index contributed by atoms with van der Waals surface area (Å²) in [6.07, 6.45) is 1.62. The van der Waals surface area contributed by atoms with Crippen LogP contribution in [0.3, 0.4) is 0 Å². The van der Waals surface area contributed by atoms with Crippen LogP contribution in [0, 0.1) is 4.91 Å². The van der Waals surface area contributed by atoms with Crippen LogP contribution in [0.5, 0.6) is 5.88 Å². The van der Waals surface area contributed by atoms with Crippen LogP contribution < -0.4 is 15.8 Å². The van der Waals surface area contributed by atoms with Gasteiger partial charge in [0, 0.05) is 6.54 Å². The zero-order chi connectivity index (χ0) is 15.1. The van der Waals surface area contributed by atoms with E-state index in [1.54, 1.807) is 6.08 Å². The topological polar surface area (TPSA) is 102 Å². The van der Waals surface area contributed by atoms with E-state index in [4.69, 9.17) is 10.5 Å². The highest BCUT2D eigenvalue weighted by Gasteiger charge is 2.15. The molecule has 0 saturated carbocycles. The fourth-order valence-corrected chi connectivity index (χ4v) is 1.65.